The molecule has 0 bridgehead atoms. The van der Waals surface area contributed by atoms with Crippen molar-refractivity contribution >= 4 is 24.4 Å². The van der Waals surface area contributed by atoms with Crippen LogP contribution in [0.1, 0.15) is 24.2 Å². The molecule has 4 nitrogen and oxygen atoms in total. The van der Waals surface area contributed by atoms with E-state index in [4.69, 9.17) is 5.11 Å². The molecule has 0 amide bonds. The second-order valence-electron chi connectivity index (χ2n) is 3.46. The third kappa shape index (κ3) is 2.84. The third-order valence-electron chi connectivity index (χ3n) is 2.14. The van der Waals surface area contributed by atoms with Crippen molar-refractivity contribution in [1.29, 1.82) is 0 Å². The lowest BCUT2D eigenvalue weighted by Crippen LogP contribution is -2.14. The largest absolute Gasteiger partial charge is 0.479 e. The second-order valence-corrected chi connectivity index (χ2v) is 3.95. The number of carbonyl (C=O) groups excluding carboxylic acids is 1. The zero-order valence-corrected chi connectivity index (χ0v) is 9.57. The number of thiol groups is 1. The Morgan fingerprint density at radius 3 is 2.56 bits per heavy atom. The van der Waals surface area contributed by atoms with Crippen LogP contribution in [0.15, 0.2) is 23.1 Å². The van der Waals surface area contributed by atoms with Crippen molar-refractivity contribution in [3.05, 3.63) is 29.3 Å². The van der Waals surface area contributed by atoms with Crippen LogP contribution in [0.5, 0.6) is 0 Å². The highest BCUT2D eigenvalue weighted by Gasteiger charge is 2.21. The number of rotatable bonds is 4. The highest BCUT2D eigenvalue weighted by Crippen LogP contribution is 2.25. The molecule has 0 saturated heterocycles. The van der Waals surface area contributed by atoms with E-state index in [-0.39, 0.29) is 17.8 Å². The summed E-state index contributed by atoms with van der Waals surface area (Å²) in [5.41, 5.74) is 0.684. The number of aliphatic hydroxyl groups excluding tert-OH is 1. The Labute approximate surface area is 98.3 Å². The summed E-state index contributed by atoms with van der Waals surface area (Å²) in [6.45, 7) is 1.40. The van der Waals surface area contributed by atoms with E-state index < -0.39 is 12.1 Å². The molecule has 0 spiro atoms. The molecule has 0 aliphatic carbocycles. The molecule has 1 unspecified atom stereocenters. The van der Waals surface area contributed by atoms with Crippen LogP contribution in [0.4, 0.5) is 0 Å². The number of aliphatic hydroxyl groups is 1. The highest BCUT2D eigenvalue weighted by molar-refractivity contribution is 7.80. The Kier molecular flexibility index (Phi) is 4.09. The van der Waals surface area contributed by atoms with E-state index in [1.165, 1.54) is 13.0 Å². The minimum atomic E-state index is -1.62. The first kappa shape index (κ1) is 12.7. The standard InChI is InChI=1S/C11H12O4S/c1-6(12)5-8-7(10(13)11(14)15)3-2-4-9(8)16/h2-4,10,13,16H,5H2,1H3,(H,14,15). The van der Waals surface area contributed by atoms with Gasteiger partial charge in [0.25, 0.3) is 0 Å². The number of aliphatic carboxylic acids is 1. The Balaban J connectivity index is 3.22. The second kappa shape index (κ2) is 5.14. The normalized spacial score (nSPS) is 12.2. The van der Waals surface area contributed by atoms with Crippen LogP contribution in [-0.4, -0.2) is 22.0 Å². The summed E-state index contributed by atoms with van der Waals surface area (Å²) < 4.78 is 0. The molecule has 2 N–H and O–H groups in total. The molecule has 1 rings (SSSR count). The van der Waals surface area contributed by atoms with Gasteiger partial charge >= 0.3 is 5.97 Å². The van der Waals surface area contributed by atoms with Crippen molar-refractivity contribution < 1.29 is 19.8 Å². The molecule has 5 heteroatoms. The molecule has 0 fully saturated rings. The summed E-state index contributed by atoms with van der Waals surface area (Å²) in [6.07, 6.45) is -1.55. The zero-order chi connectivity index (χ0) is 12.3. The van der Waals surface area contributed by atoms with Crippen LogP contribution >= 0.6 is 12.6 Å². The van der Waals surface area contributed by atoms with E-state index >= 15 is 0 Å². The van der Waals surface area contributed by atoms with E-state index in [1.54, 1.807) is 12.1 Å². The third-order valence-corrected chi connectivity index (χ3v) is 2.56. The van der Waals surface area contributed by atoms with Gasteiger partial charge in [0.05, 0.1) is 0 Å². The molecule has 1 aromatic carbocycles. The number of carboxylic acid groups (broad SMARTS) is 1. The summed E-state index contributed by atoms with van der Waals surface area (Å²) in [7, 11) is 0. The van der Waals surface area contributed by atoms with Gasteiger partial charge in [0.15, 0.2) is 6.10 Å². The maximum absolute atomic E-state index is 11.0. The average Bonchev–Trinajstić information content (AvgIpc) is 2.19. The molecule has 0 aromatic heterocycles. The van der Waals surface area contributed by atoms with Crippen molar-refractivity contribution in [2.45, 2.75) is 24.3 Å². The van der Waals surface area contributed by atoms with E-state index in [0.717, 1.165) is 0 Å². The first-order chi connectivity index (χ1) is 7.43. The Bertz CT molecular complexity index is 428. The molecule has 16 heavy (non-hydrogen) atoms. The average molecular weight is 240 g/mol. The molecule has 0 aliphatic rings. The van der Waals surface area contributed by atoms with Crippen LogP contribution < -0.4 is 0 Å². The van der Waals surface area contributed by atoms with Crippen LogP contribution in [-0.2, 0) is 16.0 Å². The summed E-state index contributed by atoms with van der Waals surface area (Å²) in [5.74, 6) is -1.45. The number of carbonyl (C=O) groups is 2. The number of carboxylic acids is 1. The van der Waals surface area contributed by atoms with Gasteiger partial charge < -0.3 is 10.2 Å². The van der Waals surface area contributed by atoms with Gasteiger partial charge in [-0.15, -0.1) is 12.6 Å². The highest BCUT2D eigenvalue weighted by atomic mass is 32.1. The van der Waals surface area contributed by atoms with Crippen molar-refractivity contribution in [3.63, 3.8) is 0 Å². The minimum Gasteiger partial charge on any atom is -0.479 e. The number of benzene rings is 1. The summed E-state index contributed by atoms with van der Waals surface area (Å²) >= 11 is 4.15. The Morgan fingerprint density at radius 1 is 1.44 bits per heavy atom. The zero-order valence-electron chi connectivity index (χ0n) is 8.67. The predicted molar refractivity (Wildman–Crippen MR) is 60.7 cm³/mol. The molecule has 0 radical (unpaired) electrons. The van der Waals surface area contributed by atoms with Gasteiger partial charge in [-0.1, -0.05) is 12.1 Å². The van der Waals surface area contributed by atoms with Gasteiger partial charge in [0.1, 0.15) is 5.78 Å². The molecule has 1 aromatic rings. The summed E-state index contributed by atoms with van der Waals surface area (Å²) in [5, 5.41) is 18.2. The van der Waals surface area contributed by atoms with Gasteiger partial charge in [0, 0.05) is 11.3 Å². The molecule has 86 valence electrons. The maximum Gasteiger partial charge on any atom is 0.337 e. The van der Waals surface area contributed by atoms with Gasteiger partial charge in [-0.05, 0) is 24.1 Å². The summed E-state index contributed by atoms with van der Waals surface area (Å²) in [6, 6.07) is 4.73. The first-order valence-corrected chi connectivity index (χ1v) is 5.09. The van der Waals surface area contributed by atoms with Crippen LogP contribution in [0.2, 0.25) is 0 Å². The fourth-order valence-corrected chi connectivity index (χ4v) is 1.72. The van der Waals surface area contributed by atoms with Gasteiger partial charge in [-0.3, -0.25) is 4.79 Å². The van der Waals surface area contributed by atoms with E-state index in [1.807, 2.05) is 0 Å². The molecule has 0 saturated carbocycles. The molecule has 1 atom stereocenters. The van der Waals surface area contributed by atoms with Crippen LogP contribution in [0.25, 0.3) is 0 Å². The van der Waals surface area contributed by atoms with Crippen LogP contribution in [0.3, 0.4) is 0 Å². The topological polar surface area (TPSA) is 74.6 Å². The predicted octanol–water partition coefficient (Wildman–Crippen LogP) is 1.22. The monoisotopic (exact) mass is 240 g/mol. The van der Waals surface area contributed by atoms with Gasteiger partial charge in [0.2, 0.25) is 0 Å². The van der Waals surface area contributed by atoms with Crippen molar-refractivity contribution in [1.82, 2.24) is 0 Å². The van der Waals surface area contributed by atoms with E-state index in [2.05, 4.69) is 12.6 Å². The first-order valence-electron chi connectivity index (χ1n) is 4.64. The lowest BCUT2D eigenvalue weighted by Gasteiger charge is -2.13. The Morgan fingerprint density at radius 2 is 2.06 bits per heavy atom. The maximum atomic E-state index is 11.0. The smallest absolute Gasteiger partial charge is 0.337 e. The lowest BCUT2D eigenvalue weighted by atomic mass is 9.98. The Hall–Kier alpha value is -1.33. The van der Waals surface area contributed by atoms with Gasteiger partial charge in [-0.25, -0.2) is 4.79 Å². The molecule has 0 aliphatic heterocycles. The molecular weight excluding hydrogens is 228 g/mol. The van der Waals surface area contributed by atoms with Crippen LogP contribution in [0, 0.1) is 0 Å². The van der Waals surface area contributed by atoms with Crippen molar-refractivity contribution in [3.8, 4) is 0 Å². The van der Waals surface area contributed by atoms with E-state index in [0.29, 0.717) is 10.5 Å². The quantitative estimate of drug-likeness (QED) is 0.692. The number of hydrogen-bond acceptors (Lipinski definition) is 4. The number of ketones is 1. The van der Waals surface area contributed by atoms with Gasteiger partial charge in [-0.2, -0.15) is 0 Å². The van der Waals surface area contributed by atoms with E-state index in [9.17, 15) is 14.7 Å². The summed E-state index contributed by atoms with van der Waals surface area (Å²) in [4.78, 5) is 22.2. The SMILES string of the molecule is CC(=O)Cc1c(S)cccc1C(O)C(=O)O. The van der Waals surface area contributed by atoms with Crippen molar-refractivity contribution in [2.24, 2.45) is 0 Å². The minimum absolute atomic E-state index is 0.0688. The molecule has 0 heterocycles. The van der Waals surface area contributed by atoms with Crippen molar-refractivity contribution in [2.75, 3.05) is 0 Å². The number of Topliss-reactive ketones (excluding diaryl/α,β-unsaturated/α-hetero) is 1. The fourth-order valence-electron chi connectivity index (χ4n) is 1.42. The fraction of sp³-hybridized carbons (Fsp3) is 0.273. The number of hydrogen-bond donors (Lipinski definition) is 3. The molecular formula is C11H12O4S. The lowest BCUT2D eigenvalue weighted by molar-refractivity contribution is -0.147.